The second-order valence-corrected chi connectivity index (χ2v) is 14.2. The van der Waals surface area contributed by atoms with Crippen LogP contribution in [0.3, 0.4) is 0 Å². The summed E-state index contributed by atoms with van der Waals surface area (Å²) >= 11 is 1.64. The standard InChI is InChI=1S/C39H42N6O4S/c1-44-22-24-45(25-23-44)38-42-32(26-50-38)28-15-17-29(18-16-28)35(47)43-39(20-8-3-9-21-39)37(48)41-31(19-14-27-10-4-2-5-11-27)34(46)36-40-30-12-6-7-13-33(30)49-36/h2,4-7,10-13,15-18,26,31H,3,8-9,14,19-25H2,1H3,(H,41,48)(H,43,47)/t31-/m0/s1. The van der Waals surface area contributed by atoms with Crippen molar-refractivity contribution in [3.63, 3.8) is 0 Å². The average molecular weight is 691 g/mol. The Bertz CT molecular complexity index is 1910. The van der Waals surface area contributed by atoms with Crippen molar-refractivity contribution in [2.45, 2.75) is 56.5 Å². The van der Waals surface area contributed by atoms with Gasteiger partial charge in [-0.1, -0.05) is 73.9 Å². The number of carbonyl (C=O) groups excluding carboxylic acids is 3. The maximum atomic E-state index is 14.3. The Morgan fingerprint density at radius 2 is 1.60 bits per heavy atom. The monoisotopic (exact) mass is 690 g/mol. The first-order valence-electron chi connectivity index (χ1n) is 17.4. The number of ketones is 1. The maximum absolute atomic E-state index is 14.3. The number of oxazole rings is 1. The molecular formula is C39H42N6O4S. The Morgan fingerprint density at radius 1 is 0.880 bits per heavy atom. The highest BCUT2D eigenvalue weighted by Crippen LogP contribution is 2.31. The number of nitrogens with zero attached hydrogens (tertiary/aromatic N) is 4. The van der Waals surface area contributed by atoms with Crippen LogP contribution < -0.4 is 15.5 Å². The minimum atomic E-state index is -1.15. The normalized spacial score (nSPS) is 16.9. The number of benzene rings is 3. The third-order valence-corrected chi connectivity index (χ3v) is 10.8. The fourth-order valence-corrected chi connectivity index (χ4v) is 7.72. The Hall–Kier alpha value is -4.87. The number of amides is 2. The van der Waals surface area contributed by atoms with E-state index in [1.807, 2.05) is 54.6 Å². The molecule has 50 heavy (non-hydrogen) atoms. The van der Waals surface area contributed by atoms with Crippen molar-refractivity contribution < 1.29 is 18.8 Å². The van der Waals surface area contributed by atoms with Crippen molar-refractivity contribution >= 4 is 45.2 Å². The van der Waals surface area contributed by atoms with Crippen molar-refractivity contribution in [1.82, 2.24) is 25.5 Å². The Balaban J connectivity index is 1.07. The predicted octanol–water partition coefficient (Wildman–Crippen LogP) is 6.14. The first-order chi connectivity index (χ1) is 24.4. The molecule has 0 unspecified atom stereocenters. The lowest BCUT2D eigenvalue weighted by Crippen LogP contribution is -2.62. The van der Waals surface area contributed by atoms with Crippen LogP contribution in [0.4, 0.5) is 5.13 Å². The molecule has 0 bridgehead atoms. The van der Waals surface area contributed by atoms with Crippen molar-refractivity contribution in [2.24, 2.45) is 0 Å². The summed E-state index contributed by atoms with van der Waals surface area (Å²) in [4.78, 5) is 55.8. The molecule has 2 amide bonds. The number of carbonyl (C=O) groups is 3. The van der Waals surface area contributed by atoms with Crippen LogP contribution in [0.5, 0.6) is 0 Å². The molecule has 3 heterocycles. The summed E-state index contributed by atoms with van der Waals surface area (Å²) in [6.45, 7) is 3.94. The lowest BCUT2D eigenvalue weighted by Gasteiger charge is -2.37. The van der Waals surface area contributed by atoms with E-state index in [0.717, 1.165) is 67.4 Å². The van der Waals surface area contributed by atoms with Gasteiger partial charge < -0.3 is 24.9 Å². The Morgan fingerprint density at radius 3 is 2.34 bits per heavy atom. The maximum Gasteiger partial charge on any atom is 0.266 e. The molecule has 2 fully saturated rings. The van der Waals surface area contributed by atoms with Gasteiger partial charge in [-0.05, 0) is 62.6 Å². The van der Waals surface area contributed by atoms with Gasteiger partial charge in [-0.15, -0.1) is 11.3 Å². The van der Waals surface area contributed by atoms with Gasteiger partial charge in [-0.25, -0.2) is 9.97 Å². The van der Waals surface area contributed by atoms with Gasteiger partial charge in [0.1, 0.15) is 11.1 Å². The smallest absolute Gasteiger partial charge is 0.266 e. The predicted molar refractivity (Wildman–Crippen MR) is 196 cm³/mol. The zero-order chi connectivity index (χ0) is 34.5. The molecule has 1 aliphatic carbocycles. The number of piperazine rings is 1. The van der Waals surface area contributed by atoms with Crippen LogP contribution >= 0.6 is 11.3 Å². The van der Waals surface area contributed by atoms with Gasteiger partial charge in [0.05, 0.1) is 11.7 Å². The summed E-state index contributed by atoms with van der Waals surface area (Å²) in [7, 11) is 2.14. The number of aryl methyl sites for hydroxylation is 1. The molecule has 2 N–H and O–H groups in total. The molecular weight excluding hydrogens is 649 g/mol. The summed E-state index contributed by atoms with van der Waals surface area (Å²) in [5, 5.41) is 9.22. The average Bonchev–Trinajstić information content (AvgIpc) is 3.83. The topological polar surface area (TPSA) is 121 Å². The molecule has 7 rings (SSSR count). The molecule has 5 aromatic rings. The molecule has 0 spiro atoms. The number of anilines is 1. The number of hydrogen-bond acceptors (Lipinski definition) is 9. The van der Waals surface area contributed by atoms with E-state index < -0.39 is 17.4 Å². The molecule has 1 saturated heterocycles. The first kappa shape index (κ1) is 33.6. The number of thiazole rings is 1. The molecule has 1 aliphatic heterocycles. The second-order valence-electron chi connectivity index (χ2n) is 13.4. The SMILES string of the molecule is CN1CCN(c2nc(-c3ccc(C(=O)NC4(C(=O)N[C@@H](CCc5ccccc5)C(=O)c5nc6ccccc6o5)CCCCC4)cc3)cs2)CC1. The number of hydrogen-bond donors (Lipinski definition) is 2. The molecule has 2 aliphatic rings. The van der Waals surface area contributed by atoms with E-state index in [2.05, 4.69) is 37.8 Å². The zero-order valence-electron chi connectivity index (χ0n) is 28.3. The van der Waals surface area contributed by atoms with E-state index in [1.54, 1.807) is 35.6 Å². The summed E-state index contributed by atoms with van der Waals surface area (Å²) in [6, 6.07) is 23.5. The number of rotatable bonds is 11. The number of aromatic nitrogens is 2. The van der Waals surface area contributed by atoms with E-state index in [9.17, 15) is 14.4 Å². The zero-order valence-corrected chi connectivity index (χ0v) is 29.1. The van der Waals surface area contributed by atoms with Gasteiger partial charge in [0, 0.05) is 42.7 Å². The van der Waals surface area contributed by atoms with Crippen LogP contribution in [0.2, 0.25) is 0 Å². The molecule has 258 valence electrons. The molecule has 3 aromatic carbocycles. The van der Waals surface area contributed by atoms with Crippen LogP contribution in [0.25, 0.3) is 22.4 Å². The summed E-state index contributed by atoms with van der Waals surface area (Å²) < 4.78 is 5.83. The van der Waals surface area contributed by atoms with Gasteiger partial charge in [0.15, 0.2) is 10.7 Å². The molecule has 1 atom stereocenters. The number of para-hydroxylation sites is 2. The summed E-state index contributed by atoms with van der Waals surface area (Å²) in [5.74, 6) is -1.11. The molecule has 0 radical (unpaired) electrons. The van der Waals surface area contributed by atoms with E-state index in [1.165, 1.54) is 0 Å². The highest BCUT2D eigenvalue weighted by atomic mass is 32.1. The largest absolute Gasteiger partial charge is 0.434 e. The number of fused-ring (bicyclic) bond motifs is 1. The van der Waals surface area contributed by atoms with Crippen molar-refractivity contribution in [3.05, 3.63) is 101 Å². The van der Waals surface area contributed by atoms with Gasteiger partial charge in [-0.3, -0.25) is 14.4 Å². The highest BCUT2D eigenvalue weighted by molar-refractivity contribution is 7.14. The summed E-state index contributed by atoms with van der Waals surface area (Å²) in [5.41, 5.74) is 3.27. The lowest BCUT2D eigenvalue weighted by atomic mass is 9.80. The van der Waals surface area contributed by atoms with Crippen LogP contribution in [0, 0.1) is 0 Å². The lowest BCUT2D eigenvalue weighted by molar-refractivity contribution is -0.129. The number of Topliss-reactive ketones (excluding diaryl/α,β-unsaturated/α-hetero) is 1. The van der Waals surface area contributed by atoms with Gasteiger partial charge >= 0.3 is 0 Å². The molecule has 1 saturated carbocycles. The molecule has 10 nitrogen and oxygen atoms in total. The molecule has 11 heteroatoms. The highest BCUT2D eigenvalue weighted by Gasteiger charge is 2.43. The van der Waals surface area contributed by atoms with Crippen LogP contribution in [-0.4, -0.2) is 77.3 Å². The third kappa shape index (κ3) is 7.49. The minimum absolute atomic E-state index is 0.0397. The fourth-order valence-electron chi connectivity index (χ4n) is 6.83. The fraction of sp³-hybridized carbons (Fsp3) is 0.359. The van der Waals surface area contributed by atoms with Gasteiger partial charge in [-0.2, -0.15) is 0 Å². The van der Waals surface area contributed by atoms with E-state index in [0.29, 0.717) is 42.3 Å². The minimum Gasteiger partial charge on any atom is -0.434 e. The number of likely N-dealkylation sites (N-methyl/N-ethyl adjacent to an activating group) is 1. The quantitative estimate of drug-likeness (QED) is 0.159. The van der Waals surface area contributed by atoms with E-state index >= 15 is 0 Å². The van der Waals surface area contributed by atoms with Gasteiger partial charge in [0.25, 0.3) is 11.8 Å². The van der Waals surface area contributed by atoms with Crippen molar-refractivity contribution in [3.8, 4) is 11.3 Å². The Kier molecular flexibility index (Phi) is 10.0. The Labute approximate surface area is 295 Å². The van der Waals surface area contributed by atoms with E-state index in [4.69, 9.17) is 9.40 Å². The van der Waals surface area contributed by atoms with Crippen molar-refractivity contribution in [1.29, 1.82) is 0 Å². The molecule has 2 aromatic heterocycles. The van der Waals surface area contributed by atoms with Crippen LogP contribution in [0.15, 0.2) is 88.7 Å². The van der Waals surface area contributed by atoms with Crippen LogP contribution in [-0.2, 0) is 11.2 Å². The van der Waals surface area contributed by atoms with Crippen molar-refractivity contribution in [2.75, 3.05) is 38.1 Å². The third-order valence-electron chi connectivity index (χ3n) is 9.89. The number of nitrogens with one attached hydrogen (secondary N) is 2. The first-order valence-corrected chi connectivity index (χ1v) is 18.3. The van der Waals surface area contributed by atoms with Gasteiger partial charge in [0.2, 0.25) is 11.7 Å². The second kappa shape index (κ2) is 14.9. The summed E-state index contributed by atoms with van der Waals surface area (Å²) in [6.07, 6.45) is 4.45. The van der Waals surface area contributed by atoms with Crippen LogP contribution in [0.1, 0.15) is 65.1 Å². The van der Waals surface area contributed by atoms with E-state index in [-0.39, 0.29) is 17.7 Å².